The summed E-state index contributed by atoms with van der Waals surface area (Å²) in [6.07, 6.45) is 0. The first-order valence-electron chi connectivity index (χ1n) is 8.34. The van der Waals surface area contributed by atoms with E-state index in [4.69, 9.17) is 17.0 Å². The van der Waals surface area contributed by atoms with E-state index in [-0.39, 0.29) is 5.91 Å². The minimum Gasteiger partial charge on any atom is -0.457 e. The van der Waals surface area contributed by atoms with Gasteiger partial charge < -0.3 is 10.1 Å². The van der Waals surface area contributed by atoms with E-state index in [9.17, 15) is 4.79 Å². The summed E-state index contributed by atoms with van der Waals surface area (Å²) in [7, 11) is 0. The second-order valence-electron chi connectivity index (χ2n) is 5.82. The van der Waals surface area contributed by atoms with Gasteiger partial charge in [0.15, 0.2) is 15.7 Å². The summed E-state index contributed by atoms with van der Waals surface area (Å²) >= 11 is 6.71. The first-order chi connectivity index (χ1) is 13.6. The average Bonchev–Trinajstić information content (AvgIpc) is 3.29. The molecule has 9 heteroatoms. The SMILES string of the molecule is CC(=O)Nc1nc(-c2n[nH]c(=S)n2-c2ccc(Oc3ccccc3)cc2)cs1. The van der Waals surface area contributed by atoms with Gasteiger partial charge in [-0.1, -0.05) is 18.2 Å². The number of thiazole rings is 1. The number of nitrogens with zero attached hydrogens (tertiary/aromatic N) is 3. The van der Waals surface area contributed by atoms with Gasteiger partial charge in [0.1, 0.15) is 17.2 Å². The first-order valence-corrected chi connectivity index (χ1v) is 9.63. The van der Waals surface area contributed by atoms with Crippen LogP contribution in [0, 0.1) is 4.77 Å². The van der Waals surface area contributed by atoms with E-state index in [1.165, 1.54) is 18.3 Å². The molecule has 7 nitrogen and oxygen atoms in total. The van der Waals surface area contributed by atoms with Crippen LogP contribution < -0.4 is 10.1 Å². The van der Waals surface area contributed by atoms with Crippen LogP contribution in [-0.2, 0) is 4.79 Å². The third-order valence-corrected chi connectivity index (χ3v) is 4.79. The fourth-order valence-electron chi connectivity index (χ4n) is 2.58. The van der Waals surface area contributed by atoms with Crippen LogP contribution in [0.2, 0.25) is 0 Å². The Kier molecular flexibility index (Phi) is 5.00. The number of benzene rings is 2. The molecule has 2 aromatic heterocycles. The Bertz CT molecular complexity index is 1160. The third kappa shape index (κ3) is 3.85. The van der Waals surface area contributed by atoms with Crippen molar-refractivity contribution in [1.82, 2.24) is 19.7 Å². The number of ether oxygens (including phenoxy) is 1. The number of aromatic nitrogens is 4. The molecule has 0 fully saturated rings. The Labute approximate surface area is 169 Å². The monoisotopic (exact) mass is 409 g/mol. The quantitative estimate of drug-likeness (QED) is 0.462. The van der Waals surface area contributed by atoms with Gasteiger partial charge in [-0.25, -0.2) is 4.98 Å². The van der Waals surface area contributed by atoms with Crippen molar-refractivity contribution in [2.75, 3.05) is 5.32 Å². The third-order valence-electron chi connectivity index (χ3n) is 3.76. The van der Waals surface area contributed by atoms with Crippen LogP contribution in [-0.4, -0.2) is 25.7 Å². The van der Waals surface area contributed by atoms with Crippen molar-refractivity contribution in [3.63, 3.8) is 0 Å². The molecule has 0 unspecified atom stereocenters. The van der Waals surface area contributed by atoms with Gasteiger partial charge in [0.25, 0.3) is 0 Å². The molecule has 0 atom stereocenters. The predicted molar refractivity (Wildman–Crippen MR) is 111 cm³/mol. The van der Waals surface area contributed by atoms with Gasteiger partial charge in [-0.15, -0.1) is 11.3 Å². The van der Waals surface area contributed by atoms with E-state index < -0.39 is 0 Å². The number of hydrogen-bond donors (Lipinski definition) is 2. The van der Waals surface area contributed by atoms with Gasteiger partial charge in [0, 0.05) is 12.3 Å². The predicted octanol–water partition coefficient (Wildman–Crippen LogP) is 4.80. The van der Waals surface area contributed by atoms with E-state index in [0.717, 1.165) is 11.4 Å². The van der Waals surface area contributed by atoms with Gasteiger partial charge in [0.05, 0.1) is 5.69 Å². The maximum Gasteiger partial charge on any atom is 0.223 e. The number of carbonyl (C=O) groups is 1. The molecule has 1 amide bonds. The van der Waals surface area contributed by atoms with Crippen LogP contribution >= 0.6 is 23.6 Å². The van der Waals surface area contributed by atoms with Gasteiger partial charge in [-0.2, -0.15) is 5.10 Å². The zero-order chi connectivity index (χ0) is 19.5. The Morgan fingerprint density at radius 2 is 1.86 bits per heavy atom. The van der Waals surface area contributed by atoms with Crippen LogP contribution in [0.4, 0.5) is 5.13 Å². The zero-order valence-corrected chi connectivity index (χ0v) is 16.4. The fraction of sp³-hybridized carbons (Fsp3) is 0.0526. The molecule has 0 radical (unpaired) electrons. The highest BCUT2D eigenvalue weighted by atomic mass is 32.1. The van der Waals surface area contributed by atoms with E-state index in [1.54, 1.807) is 4.57 Å². The van der Waals surface area contributed by atoms with E-state index in [2.05, 4.69) is 20.5 Å². The summed E-state index contributed by atoms with van der Waals surface area (Å²) in [6, 6.07) is 17.1. The van der Waals surface area contributed by atoms with E-state index >= 15 is 0 Å². The van der Waals surface area contributed by atoms with Crippen LogP contribution in [0.15, 0.2) is 60.0 Å². The van der Waals surface area contributed by atoms with Crippen LogP contribution in [0.5, 0.6) is 11.5 Å². The highest BCUT2D eigenvalue weighted by molar-refractivity contribution is 7.71. The lowest BCUT2D eigenvalue weighted by atomic mass is 10.3. The number of hydrogen-bond acceptors (Lipinski definition) is 6. The number of rotatable bonds is 5. The van der Waals surface area contributed by atoms with E-state index in [1.807, 2.05) is 60.0 Å². The Balaban J connectivity index is 1.63. The molecule has 2 heterocycles. The molecule has 0 spiro atoms. The smallest absolute Gasteiger partial charge is 0.223 e. The number of amides is 1. The number of para-hydroxylation sites is 1. The highest BCUT2D eigenvalue weighted by Crippen LogP contribution is 2.27. The number of anilines is 1. The van der Waals surface area contributed by atoms with Crippen molar-refractivity contribution in [2.45, 2.75) is 6.92 Å². The van der Waals surface area contributed by atoms with Crippen LogP contribution in [0.1, 0.15) is 6.92 Å². The van der Waals surface area contributed by atoms with Gasteiger partial charge >= 0.3 is 0 Å². The van der Waals surface area contributed by atoms with Crippen molar-refractivity contribution in [1.29, 1.82) is 0 Å². The summed E-state index contributed by atoms with van der Waals surface area (Å²) in [5.41, 5.74) is 1.44. The lowest BCUT2D eigenvalue weighted by molar-refractivity contribution is -0.114. The molecular weight excluding hydrogens is 394 g/mol. The summed E-state index contributed by atoms with van der Waals surface area (Å²) in [5.74, 6) is 1.88. The van der Waals surface area contributed by atoms with Gasteiger partial charge in [-0.05, 0) is 48.6 Å². The summed E-state index contributed by atoms with van der Waals surface area (Å²) in [6.45, 7) is 1.44. The molecular formula is C19H15N5O2S2. The molecule has 2 aromatic carbocycles. The normalized spacial score (nSPS) is 10.6. The van der Waals surface area contributed by atoms with Crippen molar-refractivity contribution in [2.24, 2.45) is 0 Å². The van der Waals surface area contributed by atoms with Gasteiger partial charge in [-0.3, -0.25) is 14.5 Å². The summed E-state index contributed by atoms with van der Waals surface area (Å²) in [4.78, 5) is 15.6. The lowest BCUT2D eigenvalue weighted by Gasteiger charge is -2.08. The minimum atomic E-state index is -0.172. The summed E-state index contributed by atoms with van der Waals surface area (Å²) < 4.78 is 8.06. The Hall–Kier alpha value is -3.30. The topological polar surface area (TPSA) is 84.8 Å². The molecule has 4 aromatic rings. The minimum absolute atomic E-state index is 0.172. The number of carbonyl (C=O) groups excluding carboxylic acids is 1. The number of nitrogens with one attached hydrogen (secondary N) is 2. The van der Waals surface area contributed by atoms with Crippen molar-refractivity contribution in [3.05, 3.63) is 64.7 Å². The van der Waals surface area contributed by atoms with Gasteiger partial charge in [0.2, 0.25) is 5.91 Å². The Morgan fingerprint density at radius 3 is 2.57 bits per heavy atom. The van der Waals surface area contributed by atoms with Crippen molar-refractivity contribution in [3.8, 4) is 28.7 Å². The molecule has 140 valence electrons. The molecule has 0 saturated carbocycles. The largest absolute Gasteiger partial charge is 0.457 e. The van der Waals surface area contributed by atoms with Crippen LogP contribution in [0.25, 0.3) is 17.2 Å². The fourth-order valence-corrected chi connectivity index (χ4v) is 3.55. The average molecular weight is 409 g/mol. The van der Waals surface area contributed by atoms with Crippen LogP contribution in [0.3, 0.4) is 0 Å². The highest BCUT2D eigenvalue weighted by Gasteiger charge is 2.15. The maximum absolute atomic E-state index is 11.2. The molecule has 2 N–H and O–H groups in total. The molecule has 0 aliphatic heterocycles. The number of aromatic amines is 1. The second kappa shape index (κ2) is 7.75. The molecule has 0 aliphatic rings. The number of H-pyrrole nitrogens is 1. The standard InChI is InChI=1S/C19H15N5O2S2/c1-12(25)20-18-21-16(11-28-18)17-22-23-19(27)24(17)13-7-9-15(10-8-13)26-14-5-3-2-4-6-14/h2-11H,1H3,(H,23,27)(H,20,21,25). The second-order valence-corrected chi connectivity index (χ2v) is 7.06. The maximum atomic E-state index is 11.2. The molecule has 28 heavy (non-hydrogen) atoms. The molecule has 4 rings (SSSR count). The van der Waals surface area contributed by atoms with Crippen molar-refractivity contribution < 1.29 is 9.53 Å². The van der Waals surface area contributed by atoms with Crippen molar-refractivity contribution >= 4 is 34.6 Å². The lowest BCUT2D eigenvalue weighted by Crippen LogP contribution is -2.05. The summed E-state index contributed by atoms with van der Waals surface area (Å²) in [5, 5.41) is 12.1. The van der Waals surface area contributed by atoms with E-state index in [0.29, 0.717) is 27.2 Å². The first kappa shape index (κ1) is 18.1. The molecule has 0 saturated heterocycles. The zero-order valence-electron chi connectivity index (χ0n) is 14.7. The Morgan fingerprint density at radius 1 is 1.14 bits per heavy atom. The molecule has 0 bridgehead atoms. The molecule has 0 aliphatic carbocycles.